The van der Waals surface area contributed by atoms with Gasteiger partial charge in [0.05, 0.1) is 0 Å². The van der Waals surface area contributed by atoms with Crippen LogP contribution in [0.2, 0.25) is 0 Å². The van der Waals surface area contributed by atoms with Gasteiger partial charge in [-0.2, -0.15) is 0 Å². The molecule has 0 aliphatic heterocycles. The average Bonchev–Trinajstić information content (AvgIpc) is 2.29. The van der Waals surface area contributed by atoms with Gasteiger partial charge < -0.3 is 15.7 Å². The van der Waals surface area contributed by atoms with E-state index in [0.717, 1.165) is 25.7 Å². The van der Waals surface area contributed by atoms with E-state index in [0.29, 0.717) is 25.0 Å². The molecule has 1 aliphatic rings. The molecule has 0 spiro atoms. The molecule has 1 atom stereocenters. The molecule has 16 heavy (non-hydrogen) atoms. The Bertz CT molecular complexity index is 213. The molecule has 0 bridgehead atoms. The van der Waals surface area contributed by atoms with Crippen LogP contribution in [0.5, 0.6) is 0 Å². The Kier molecular flexibility index (Phi) is 5.77. The third-order valence-electron chi connectivity index (χ3n) is 3.40. The average molecular weight is 228 g/mol. The molecule has 1 saturated carbocycles. The van der Waals surface area contributed by atoms with Crippen molar-refractivity contribution in [2.45, 2.75) is 51.1 Å². The molecular formula is C12H24N2O2. The lowest BCUT2D eigenvalue weighted by Gasteiger charge is -2.30. The van der Waals surface area contributed by atoms with E-state index in [1.54, 1.807) is 7.05 Å². The topological polar surface area (TPSA) is 61.4 Å². The Balaban J connectivity index is 2.20. The van der Waals surface area contributed by atoms with Crippen LogP contribution in [-0.2, 0) is 4.79 Å². The molecular weight excluding hydrogens is 204 g/mol. The van der Waals surface area contributed by atoms with Crippen LogP contribution >= 0.6 is 0 Å². The Morgan fingerprint density at radius 2 is 2.00 bits per heavy atom. The van der Waals surface area contributed by atoms with Gasteiger partial charge in [-0.3, -0.25) is 4.79 Å². The zero-order valence-electron chi connectivity index (χ0n) is 10.3. The molecule has 0 saturated heterocycles. The van der Waals surface area contributed by atoms with Gasteiger partial charge in [-0.05, 0) is 38.5 Å². The first kappa shape index (κ1) is 13.5. The van der Waals surface area contributed by atoms with Crippen LogP contribution < -0.4 is 10.6 Å². The quantitative estimate of drug-likeness (QED) is 0.647. The zero-order chi connectivity index (χ0) is 12.0. The number of hydrogen-bond acceptors (Lipinski definition) is 3. The second-order valence-corrected chi connectivity index (χ2v) is 4.85. The Morgan fingerprint density at radius 1 is 1.38 bits per heavy atom. The lowest BCUT2D eigenvalue weighted by atomic mass is 9.86. The smallest absolute Gasteiger partial charge is 0.221 e. The summed E-state index contributed by atoms with van der Waals surface area (Å²) in [5.74, 6) is 0.580. The highest BCUT2D eigenvalue weighted by Gasteiger charge is 2.21. The molecule has 0 heterocycles. The maximum absolute atomic E-state index is 11.2. The first-order valence-electron chi connectivity index (χ1n) is 6.23. The highest BCUT2D eigenvalue weighted by molar-refractivity contribution is 5.76. The lowest BCUT2D eigenvalue weighted by Crippen LogP contribution is -2.41. The number of aliphatic hydroxyl groups is 1. The molecule has 0 aromatic heterocycles. The first-order chi connectivity index (χ1) is 7.65. The van der Waals surface area contributed by atoms with Gasteiger partial charge >= 0.3 is 0 Å². The van der Waals surface area contributed by atoms with Gasteiger partial charge in [0, 0.05) is 32.2 Å². The van der Waals surface area contributed by atoms with Crippen molar-refractivity contribution in [1.29, 1.82) is 0 Å². The fourth-order valence-electron chi connectivity index (χ4n) is 2.35. The van der Waals surface area contributed by atoms with Crippen molar-refractivity contribution < 1.29 is 9.90 Å². The van der Waals surface area contributed by atoms with Gasteiger partial charge in [0.25, 0.3) is 0 Å². The molecule has 1 fully saturated rings. The van der Waals surface area contributed by atoms with Gasteiger partial charge in [-0.25, -0.2) is 0 Å². The van der Waals surface area contributed by atoms with Crippen molar-refractivity contribution in [2.24, 2.45) is 5.92 Å². The van der Waals surface area contributed by atoms with Crippen LogP contribution in [-0.4, -0.2) is 36.8 Å². The van der Waals surface area contributed by atoms with Crippen LogP contribution in [0.4, 0.5) is 0 Å². The number of hydrogen-bond donors (Lipinski definition) is 3. The summed E-state index contributed by atoms with van der Waals surface area (Å²) in [4.78, 5) is 11.2. The number of carbonyl (C=O) groups excluding carboxylic acids is 1. The standard InChI is InChI=1S/C12H24N2O2/c1-9(7-12(16)13-2)14-11-5-3-10(8-15)4-6-11/h9-11,14-15H,3-8H2,1-2H3,(H,13,16). The number of rotatable bonds is 5. The van der Waals surface area contributed by atoms with Crippen molar-refractivity contribution in [1.82, 2.24) is 10.6 Å². The van der Waals surface area contributed by atoms with Crippen molar-refractivity contribution in [3.05, 3.63) is 0 Å². The summed E-state index contributed by atoms with van der Waals surface area (Å²) in [5.41, 5.74) is 0. The fraction of sp³-hybridized carbons (Fsp3) is 0.917. The summed E-state index contributed by atoms with van der Waals surface area (Å²) < 4.78 is 0. The molecule has 1 aliphatic carbocycles. The van der Waals surface area contributed by atoms with Crippen LogP contribution in [0.1, 0.15) is 39.0 Å². The predicted molar refractivity (Wildman–Crippen MR) is 64.1 cm³/mol. The third-order valence-corrected chi connectivity index (χ3v) is 3.40. The van der Waals surface area contributed by atoms with E-state index in [-0.39, 0.29) is 11.9 Å². The highest BCUT2D eigenvalue weighted by atomic mass is 16.3. The summed E-state index contributed by atoms with van der Waals surface area (Å²) in [6, 6.07) is 0.748. The van der Waals surface area contributed by atoms with E-state index in [4.69, 9.17) is 5.11 Å². The van der Waals surface area contributed by atoms with Crippen LogP contribution in [0.15, 0.2) is 0 Å². The molecule has 3 N–H and O–H groups in total. The summed E-state index contributed by atoms with van der Waals surface area (Å²) >= 11 is 0. The molecule has 0 aromatic carbocycles. The number of carbonyl (C=O) groups is 1. The van der Waals surface area contributed by atoms with E-state index >= 15 is 0 Å². The normalized spacial score (nSPS) is 27.4. The Hall–Kier alpha value is -0.610. The lowest BCUT2D eigenvalue weighted by molar-refractivity contribution is -0.121. The molecule has 1 amide bonds. The zero-order valence-corrected chi connectivity index (χ0v) is 10.3. The first-order valence-corrected chi connectivity index (χ1v) is 6.23. The van der Waals surface area contributed by atoms with Crippen LogP contribution in [0.25, 0.3) is 0 Å². The highest BCUT2D eigenvalue weighted by Crippen LogP contribution is 2.24. The van der Waals surface area contributed by atoms with Gasteiger partial charge in [-0.15, -0.1) is 0 Å². The van der Waals surface area contributed by atoms with Crippen molar-refractivity contribution in [3.8, 4) is 0 Å². The minimum atomic E-state index is 0.0871. The van der Waals surface area contributed by atoms with E-state index in [9.17, 15) is 4.79 Å². The van der Waals surface area contributed by atoms with Gasteiger partial charge in [0.2, 0.25) is 5.91 Å². The van der Waals surface area contributed by atoms with E-state index in [1.807, 2.05) is 6.92 Å². The summed E-state index contributed by atoms with van der Waals surface area (Å²) in [7, 11) is 1.67. The molecule has 94 valence electrons. The number of amides is 1. The van der Waals surface area contributed by atoms with Gasteiger partial charge in [-0.1, -0.05) is 0 Å². The molecule has 4 heteroatoms. The predicted octanol–water partition coefficient (Wildman–Crippen LogP) is 0.652. The minimum Gasteiger partial charge on any atom is -0.396 e. The summed E-state index contributed by atoms with van der Waals surface area (Å²) in [6.07, 6.45) is 4.96. The van der Waals surface area contributed by atoms with Gasteiger partial charge in [0.1, 0.15) is 0 Å². The SMILES string of the molecule is CNC(=O)CC(C)NC1CCC(CO)CC1. The maximum atomic E-state index is 11.2. The van der Waals surface area contributed by atoms with Crippen LogP contribution in [0.3, 0.4) is 0 Å². The number of aliphatic hydroxyl groups excluding tert-OH is 1. The molecule has 4 nitrogen and oxygen atoms in total. The van der Waals surface area contributed by atoms with E-state index in [1.165, 1.54) is 0 Å². The van der Waals surface area contributed by atoms with Crippen molar-refractivity contribution >= 4 is 5.91 Å². The second-order valence-electron chi connectivity index (χ2n) is 4.85. The van der Waals surface area contributed by atoms with Gasteiger partial charge in [0.15, 0.2) is 0 Å². The molecule has 0 aromatic rings. The monoisotopic (exact) mass is 228 g/mol. The fourth-order valence-corrected chi connectivity index (χ4v) is 2.35. The molecule has 1 unspecified atom stereocenters. The molecule has 1 rings (SSSR count). The Morgan fingerprint density at radius 3 is 2.50 bits per heavy atom. The Labute approximate surface area is 97.8 Å². The van der Waals surface area contributed by atoms with E-state index < -0.39 is 0 Å². The largest absolute Gasteiger partial charge is 0.396 e. The van der Waals surface area contributed by atoms with Crippen molar-refractivity contribution in [3.63, 3.8) is 0 Å². The minimum absolute atomic E-state index is 0.0871. The maximum Gasteiger partial charge on any atom is 0.221 e. The third kappa shape index (κ3) is 4.49. The number of nitrogens with one attached hydrogen (secondary N) is 2. The second kappa shape index (κ2) is 6.86. The summed E-state index contributed by atoms with van der Waals surface area (Å²) in [5, 5.41) is 15.2. The van der Waals surface area contributed by atoms with E-state index in [2.05, 4.69) is 10.6 Å². The van der Waals surface area contributed by atoms with Crippen molar-refractivity contribution in [2.75, 3.05) is 13.7 Å². The summed E-state index contributed by atoms with van der Waals surface area (Å²) in [6.45, 7) is 2.37. The molecule has 0 radical (unpaired) electrons. The van der Waals surface area contributed by atoms with Crippen LogP contribution in [0, 0.1) is 5.92 Å².